The number of amides is 1. The number of unbranched alkanes of at least 4 members (excludes halogenated alkanes) is 3. The van der Waals surface area contributed by atoms with E-state index in [4.69, 9.17) is 5.73 Å². The first kappa shape index (κ1) is 23.8. The zero-order chi connectivity index (χ0) is 23.1. The van der Waals surface area contributed by atoms with Crippen molar-refractivity contribution >= 4 is 23.1 Å². The summed E-state index contributed by atoms with van der Waals surface area (Å²) < 4.78 is 1.25. The highest BCUT2D eigenvalue weighted by Gasteiger charge is 2.26. The van der Waals surface area contributed by atoms with E-state index in [1.807, 2.05) is 13.8 Å². The van der Waals surface area contributed by atoms with Crippen molar-refractivity contribution in [2.24, 2.45) is 0 Å². The van der Waals surface area contributed by atoms with Gasteiger partial charge in [0.05, 0.1) is 4.92 Å². The molecule has 31 heavy (non-hydrogen) atoms. The van der Waals surface area contributed by atoms with E-state index in [1.54, 1.807) is 6.92 Å². The largest absolute Gasteiger partial charge is 0.383 e. The number of aromatic nitrogens is 2. The average Bonchev–Trinajstić information content (AvgIpc) is 2.72. The number of hydrogen-bond donors (Lipinski definition) is 2. The van der Waals surface area contributed by atoms with Crippen LogP contribution in [0.4, 0.5) is 17.2 Å². The van der Waals surface area contributed by atoms with Gasteiger partial charge < -0.3 is 10.6 Å². The summed E-state index contributed by atoms with van der Waals surface area (Å²) in [6.45, 7) is 6.03. The zero-order valence-electron chi connectivity index (χ0n) is 18.1. The van der Waals surface area contributed by atoms with Gasteiger partial charge >= 0.3 is 5.69 Å². The van der Waals surface area contributed by atoms with Gasteiger partial charge in [0.2, 0.25) is 0 Å². The Morgan fingerprint density at radius 2 is 1.87 bits per heavy atom. The van der Waals surface area contributed by atoms with Gasteiger partial charge in [-0.1, -0.05) is 39.2 Å². The Kier molecular flexibility index (Phi) is 8.12. The third-order valence-electron chi connectivity index (χ3n) is 5.10. The molecule has 0 aliphatic carbocycles. The Hall–Kier alpha value is -3.43. The quantitative estimate of drug-likeness (QED) is 0.336. The molecule has 10 heteroatoms. The molecule has 10 nitrogen and oxygen atoms in total. The molecule has 0 radical (unpaired) electrons. The van der Waals surface area contributed by atoms with E-state index < -0.39 is 22.1 Å². The summed E-state index contributed by atoms with van der Waals surface area (Å²) in [6, 6.07) is 4.17. The van der Waals surface area contributed by atoms with Gasteiger partial charge in [0.25, 0.3) is 17.2 Å². The number of H-pyrrole nitrogens is 1. The average molecular weight is 431 g/mol. The summed E-state index contributed by atoms with van der Waals surface area (Å²) in [5, 5.41) is 11.3. The molecule has 1 amide bonds. The molecule has 1 aromatic carbocycles. The first-order valence-electron chi connectivity index (χ1n) is 10.4. The summed E-state index contributed by atoms with van der Waals surface area (Å²) in [5.74, 6) is -0.675. The number of carbonyl (C=O) groups is 1. The van der Waals surface area contributed by atoms with Crippen LogP contribution in [0.1, 0.15) is 61.9 Å². The van der Waals surface area contributed by atoms with Gasteiger partial charge in [-0.2, -0.15) is 0 Å². The fourth-order valence-electron chi connectivity index (χ4n) is 3.31. The maximum atomic E-state index is 13.3. The molecule has 0 aliphatic rings. The molecule has 0 atom stereocenters. The van der Waals surface area contributed by atoms with Crippen LogP contribution < -0.4 is 21.9 Å². The summed E-state index contributed by atoms with van der Waals surface area (Å²) in [5.41, 5.74) is 4.99. The van der Waals surface area contributed by atoms with Crippen molar-refractivity contribution in [2.75, 3.05) is 17.2 Å². The van der Waals surface area contributed by atoms with E-state index in [0.29, 0.717) is 24.9 Å². The number of nitrogens with two attached hydrogens (primary N) is 1. The smallest absolute Gasteiger partial charge is 0.330 e. The predicted molar refractivity (Wildman–Crippen MR) is 120 cm³/mol. The van der Waals surface area contributed by atoms with Crippen LogP contribution in [0, 0.1) is 17.0 Å². The third-order valence-corrected chi connectivity index (χ3v) is 5.10. The third kappa shape index (κ3) is 5.39. The second kappa shape index (κ2) is 10.6. The molecule has 0 bridgehead atoms. The van der Waals surface area contributed by atoms with Gasteiger partial charge in [0.1, 0.15) is 5.82 Å². The molecule has 0 saturated carbocycles. The number of nitrogen functional groups attached to an aromatic ring is 1. The van der Waals surface area contributed by atoms with Crippen molar-refractivity contribution in [2.45, 2.75) is 59.4 Å². The summed E-state index contributed by atoms with van der Waals surface area (Å²) in [6.07, 6.45) is 3.78. The van der Waals surface area contributed by atoms with Gasteiger partial charge in [-0.15, -0.1) is 0 Å². The second-order valence-electron chi connectivity index (χ2n) is 7.42. The molecule has 0 unspecified atom stereocenters. The Labute approximate surface area is 179 Å². The fraction of sp³-hybridized carbons (Fsp3) is 0.476. The van der Waals surface area contributed by atoms with Crippen LogP contribution in [0.15, 0.2) is 27.8 Å². The van der Waals surface area contributed by atoms with Crippen LogP contribution in [0.3, 0.4) is 0 Å². The number of aromatic amines is 1. The van der Waals surface area contributed by atoms with Crippen molar-refractivity contribution in [3.63, 3.8) is 0 Å². The minimum atomic E-state index is -0.762. The number of carbonyl (C=O) groups excluding carboxylic acids is 1. The fourth-order valence-corrected chi connectivity index (χ4v) is 3.31. The lowest BCUT2D eigenvalue weighted by Gasteiger charge is -2.24. The van der Waals surface area contributed by atoms with Gasteiger partial charge in [-0.05, 0) is 25.8 Å². The summed E-state index contributed by atoms with van der Waals surface area (Å²) in [4.78, 5) is 52.5. The standard InChI is InChI=1S/C21H29N5O5/c1-4-6-8-12-24(20(28)15-10-9-14(3)16(13-15)26(30)31)17-18(22)25(11-7-5-2)21(29)23-19(17)27/h9-10,13H,4-8,11-12,22H2,1-3H3,(H,23,27,29). The summed E-state index contributed by atoms with van der Waals surface area (Å²) in [7, 11) is 0. The molecule has 0 spiro atoms. The highest BCUT2D eigenvalue weighted by molar-refractivity contribution is 6.07. The van der Waals surface area contributed by atoms with Crippen LogP contribution in [-0.4, -0.2) is 26.9 Å². The Morgan fingerprint density at radius 1 is 1.19 bits per heavy atom. The number of anilines is 2. The van der Waals surface area contributed by atoms with Crippen molar-refractivity contribution in [1.29, 1.82) is 0 Å². The number of hydrogen-bond acceptors (Lipinski definition) is 6. The molecule has 0 saturated heterocycles. The number of nitro benzene ring substituents is 1. The van der Waals surface area contributed by atoms with Crippen LogP contribution in [-0.2, 0) is 6.54 Å². The number of nitrogens with one attached hydrogen (secondary N) is 1. The zero-order valence-corrected chi connectivity index (χ0v) is 18.1. The van der Waals surface area contributed by atoms with Crippen LogP contribution >= 0.6 is 0 Å². The maximum absolute atomic E-state index is 13.3. The molecular formula is C21H29N5O5. The molecule has 1 heterocycles. The molecule has 3 N–H and O–H groups in total. The maximum Gasteiger partial charge on any atom is 0.330 e. The lowest BCUT2D eigenvalue weighted by atomic mass is 10.1. The molecular weight excluding hydrogens is 402 g/mol. The van der Waals surface area contributed by atoms with E-state index in [2.05, 4.69) is 4.98 Å². The molecule has 2 aromatic rings. The van der Waals surface area contributed by atoms with E-state index in [1.165, 1.54) is 27.7 Å². The van der Waals surface area contributed by atoms with Gasteiger partial charge in [0, 0.05) is 30.3 Å². The predicted octanol–water partition coefficient (Wildman–Crippen LogP) is 2.97. The van der Waals surface area contributed by atoms with E-state index in [0.717, 1.165) is 19.3 Å². The Balaban J connectivity index is 2.61. The van der Waals surface area contributed by atoms with Gasteiger partial charge in [-0.25, -0.2) is 4.79 Å². The Morgan fingerprint density at radius 3 is 2.48 bits per heavy atom. The van der Waals surface area contributed by atoms with Crippen LogP contribution in [0.25, 0.3) is 0 Å². The minimum absolute atomic E-state index is 0.0684. The van der Waals surface area contributed by atoms with E-state index in [9.17, 15) is 24.5 Å². The number of rotatable bonds is 10. The monoisotopic (exact) mass is 431 g/mol. The molecule has 0 fully saturated rings. The molecule has 168 valence electrons. The topological polar surface area (TPSA) is 144 Å². The van der Waals surface area contributed by atoms with Crippen LogP contribution in [0.5, 0.6) is 0 Å². The molecule has 2 rings (SSSR count). The van der Waals surface area contributed by atoms with E-state index >= 15 is 0 Å². The van der Waals surface area contributed by atoms with Crippen LogP contribution in [0.2, 0.25) is 0 Å². The highest BCUT2D eigenvalue weighted by atomic mass is 16.6. The van der Waals surface area contributed by atoms with Crippen molar-refractivity contribution < 1.29 is 9.72 Å². The highest BCUT2D eigenvalue weighted by Crippen LogP contribution is 2.24. The molecule has 1 aromatic heterocycles. The number of nitro groups is 1. The number of nitrogens with zero attached hydrogens (tertiary/aromatic N) is 3. The SMILES string of the molecule is CCCCCN(C(=O)c1ccc(C)c([N+](=O)[O-])c1)c1c(N)n(CCCC)c(=O)[nH]c1=O. The minimum Gasteiger partial charge on any atom is -0.383 e. The van der Waals surface area contributed by atoms with Gasteiger partial charge in [0.15, 0.2) is 5.69 Å². The first-order valence-corrected chi connectivity index (χ1v) is 10.4. The number of benzene rings is 1. The van der Waals surface area contributed by atoms with Crippen molar-refractivity contribution in [3.05, 3.63) is 60.3 Å². The first-order chi connectivity index (χ1) is 14.7. The van der Waals surface area contributed by atoms with Gasteiger partial charge in [-0.3, -0.25) is 29.3 Å². The van der Waals surface area contributed by atoms with Crippen molar-refractivity contribution in [1.82, 2.24) is 9.55 Å². The second-order valence-corrected chi connectivity index (χ2v) is 7.42. The normalized spacial score (nSPS) is 10.8. The van der Waals surface area contributed by atoms with E-state index in [-0.39, 0.29) is 29.3 Å². The lowest BCUT2D eigenvalue weighted by Crippen LogP contribution is -2.41. The Bertz CT molecular complexity index is 1070. The lowest BCUT2D eigenvalue weighted by molar-refractivity contribution is -0.385. The molecule has 0 aliphatic heterocycles. The number of aryl methyl sites for hydroxylation is 1. The van der Waals surface area contributed by atoms with Crippen molar-refractivity contribution in [3.8, 4) is 0 Å². The summed E-state index contributed by atoms with van der Waals surface area (Å²) >= 11 is 0.